The quantitative estimate of drug-likeness (QED) is 0.556. The van der Waals surface area contributed by atoms with Gasteiger partial charge in [0.1, 0.15) is 5.69 Å². The summed E-state index contributed by atoms with van der Waals surface area (Å²) in [6.45, 7) is 13.7. The van der Waals surface area contributed by atoms with E-state index < -0.39 is 5.97 Å². The third-order valence-corrected chi connectivity index (χ3v) is 4.30. The molecule has 0 spiro atoms. The molecule has 152 valence electrons. The number of esters is 1. The number of nitrogens with one attached hydrogen (secondary N) is 1. The van der Waals surface area contributed by atoms with Gasteiger partial charge in [0.2, 0.25) is 0 Å². The number of hydrogen-bond donors (Lipinski definition) is 1. The molecule has 0 fully saturated rings. The highest BCUT2D eigenvalue weighted by molar-refractivity contribution is 6.04. The second-order valence-electron chi connectivity index (χ2n) is 7.52. The number of urea groups is 1. The molecule has 0 unspecified atom stereocenters. The van der Waals surface area contributed by atoms with E-state index in [0.717, 1.165) is 0 Å². The largest absolute Gasteiger partial charge is 0.461 e. The number of nitrogens with zero attached hydrogens (tertiary/aromatic N) is 2. The number of amides is 2. The molecule has 1 heterocycles. The average Bonchev–Trinajstić information content (AvgIpc) is 2.75. The van der Waals surface area contributed by atoms with Crippen LogP contribution in [0.3, 0.4) is 0 Å². The van der Waals surface area contributed by atoms with E-state index in [2.05, 4.69) is 5.32 Å². The summed E-state index contributed by atoms with van der Waals surface area (Å²) in [6, 6.07) is -0.276. The molecule has 7 nitrogen and oxygen atoms in total. The predicted octanol–water partition coefficient (Wildman–Crippen LogP) is 3.08. The molecule has 1 N–H and O–H groups in total. The van der Waals surface area contributed by atoms with Crippen LogP contribution in [0.1, 0.15) is 66.7 Å². The summed E-state index contributed by atoms with van der Waals surface area (Å²) in [5, 5.41) is 2.84. The van der Waals surface area contributed by atoms with Crippen LogP contribution in [-0.4, -0.2) is 53.0 Å². The van der Waals surface area contributed by atoms with Gasteiger partial charge >= 0.3 is 12.0 Å². The molecule has 0 radical (unpaired) electrons. The Labute approximate surface area is 162 Å². The summed E-state index contributed by atoms with van der Waals surface area (Å²) < 4.78 is 6.79. The third kappa shape index (κ3) is 5.58. The van der Waals surface area contributed by atoms with Crippen molar-refractivity contribution in [2.45, 2.75) is 54.5 Å². The Morgan fingerprint density at radius 2 is 1.74 bits per heavy atom. The van der Waals surface area contributed by atoms with Gasteiger partial charge in [-0.1, -0.05) is 13.8 Å². The molecule has 1 aromatic rings. The SMILES string of the molecule is CCOC(=O)c1c(C)c(C(=O)CN(CC(C)C)C(=O)NC(C)C)c(C)n1C. The van der Waals surface area contributed by atoms with Crippen molar-refractivity contribution in [3.05, 3.63) is 22.5 Å². The van der Waals surface area contributed by atoms with Gasteiger partial charge < -0.3 is 19.5 Å². The first-order valence-electron chi connectivity index (χ1n) is 9.42. The van der Waals surface area contributed by atoms with Crippen LogP contribution >= 0.6 is 0 Å². The maximum absolute atomic E-state index is 13.0. The fourth-order valence-electron chi connectivity index (χ4n) is 3.13. The second-order valence-corrected chi connectivity index (χ2v) is 7.52. The number of hydrogen-bond acceptors (Lipinski definition) is 4. The number of Topliss-reactive ketones (excluding diaryl/α,β-unsaturated/α-hetero) is 1. The minimum absolute atomic E-state index is 0.0159. The van der Waals surface area contributed by atoms with Gasteiger partial charge in [-0.3, -0.25) is 4.79 Å². The van der Waals surface area contributed by atoms with E-state index in [-0.39, 0.29) is 36.9 Å². The van der Waals surface area contributed by atoms with E-state index in [0.29, 0.717) is 29.1 Å². The Morgan fingerprint density at radius 3 is 2.22 bits per heavy atom. The smallest absolute Gasteiger partial charge is 0.355 e. The number of carbonyl (C=O) groups is 3. The zero-order chi connectivity index (χ0) is 20.9. The molecule has 27 heavy (non-hydrogen) atoms. The zero-order valence-corrected chi connectivity index (χ0v) is 17.8. The maximum Gasteiger partial charge on any atom is 0.355 e. The average molecular weight is 380 g/mol. The van der Waals surface area contributed by atoms with Gasteiger partial charge in [-0.2, -0.15) is 0 Å². The Hall–Kier alpha value is -2.31. The van der Waals surface area contributed by atoms with Crippen LogP contribution in [0.2, 0.25) is 0 Å². The van der Waals surface area contributed by atoms with E-state index in [9.17, 15) is 14.4 Å². The van der Waals surface area contributed by atoms with Gasteiger partial charge in [0.15, 0.2) is 5.78 Å². The number of ether oxygens (including phenoxy) is 1. The first kappa shape index (κ1) is 22.7. The van der Waals surface area contributed by atoms with E-state index >= 15 is 0 Å². The highest BCUT2D eigenvalue weighted by atomic mass is 16.5. The lowest BCUT2D eigenvalue weighted by atomic mass is 10.0. The summed E-state index contributed by atoms with van der Waals surface area (Å²) in [7, 11) is 1.74. The van der Waals surface area contributed by atoms with Crippen molar-refractivity contribution in [3.8, 4) is 0 Å². The van der Waals surface area contributed by atoms with Gasteiger partial charge in [-0.25, -0.2) is 9.59 Å². The van der Waals surface area contributed by atoms with Crippen molar-refractivity contribution in [2.24, 2.45) is 13.0 Å². The van der Waals surface area contributed by atoms with Crippen molar-refractivity contribution in [1.82, 2.24) is 14.8 Å². The van der Waals surface area contributed by atoms with Gasteiger partial charge in [0, 0.05) is 30.9 Å². The van der Waals surface area contributed by atoms with Crippen LogP contribution in [0.4, 0.5) is 4.79 Å². The molecular formula is C20H33N3O4. The molecule has 1 aromatic heterocycles. The fraction of sp³-hybridized carbons (Fsp3) is 0.650. The van der Waals surface area contributed by atoms with Crippen LogP contribution in [0, 0.1) is 19.8 Å². The molecule has 0 aliphatic heterocycles. The van der Waals surface area contributed by atoms with E-state index in [4.69, 9.17) is 4.74 Å². The summed E-state index contributed by atoms with van der Waals surface area (Å²) in [6.07, 6.45) is 0. The third-order valence-electron chi connectivity index (χ3n) is 4.30. The minimum Gasteiger partial charge on any atom is -0.461 e. The van der Waals surface area contributed by atoms with Crippen LogP contribution in [0.5, 0.6) is 0 Å². The number of carbonyl (C=O) groups excluding carboxylic acids is 3. The van der Waals surface area contributed by atoms with Crippen molar-refractivity contribution in [1.29, 1.82) is 0 Å². The van der Waals surface area contributed by atoms with Gasteiger partial charge in [-0.15, -0.1) is 0 Å². The summed E-state index contributed by atoms with van der Waals surface area (Å²) in [5.41, 5.74) is 2.13. The lowest BCUT2D eigenvalue weighted by molar-refractivity contribution is 0.0514. The van der Waals surface area contributed by atoms with E-state index in [1.54, 1.807) is 32.4 Å². The Bertz CT molecular complexity index is 705. The minimum atomic E-state index is -0.448. The standard InChI is InChI=1S/C20H33N3O4/c1-9-27-19(25)18-14(6)17(15(7)22(18)8)16(24)11-23(10-12(2)3)20(26)21-13(4)5/h12-13H,9-11H2,1-8H3,(H,21,26). The molecular weight excluding hydrogens is 346 g/mol. The number of ketones is 1. The Balaban J connectivity index is 3.17. The number of rotatable bonds is 8. The molecule has 0 saturated carbocycles. The molecule has 0 atom stereocenters. The first-order chi connectivity index (χ1) is 12.5. The van der Waals surface area contributed by atoms with Crippen molar-refractivity contribution >= 4 is 17.8 Å². The van der Waals surface area contributed by atoms with Crippen LogP contribution in [-0.2, 0) is 11.8 Å². The molecule has 7 heteroatoms. The predicted molar refractivity (Wildman–Crippen MR) is 105 cm³/mol. The van der Waals surface area contributed by atoms with Crippen LogP contribution < -0.4 is 5.32 Å². The van der Waals surface area contributed by atoms with Crippen molar-refractivity contribution in [2.75, 3.05) is 19.7 Å². The van der Waals surface area contributed by atoms with Gasteiger partial charge in [-0.05, 0) is 46.1 Å². The van der Waals surface area contributed by atoms with E-state index in [1.807, 2.05) is 27.7 Å². The van der Waals surface area contributed by atoms with Crippen molar-refractivity contribution < 1.29 is 19.1 Å². The lowest BCUT2D eigenvalue weighted by Gasteiger charge is -2.25. The topological polar surface area (TPSA) is 80.6 Å². The van der Waals surface area contributed by atoms with Crippen LogP contribution in [0.25, 0.3) is 0 Å². The number of aromatic nitrogens is 1. The summed E-state index contributed by atoms with van der Waals surface area (Å²) in [5.74, 6) is -0.407. The van der Waals surface area contributed by atoms with E-state index in [1.165, 1.54) is 4.90 Å². The second kappa shape index (κ2) is 9.58. The molecule has 0 aliphatic carbocycles. The lowest BCUT2D eigenvalue weighted by Crippen LogP contribution is -2.46. The zero-order valence-electron chi connectivity index (χ0n) is 17.8. The van der Waals surface area contributed by atoms with Crippen molar-refractivity contribution in [3.63, 3.8) is 0 Å². The van der Waals surface area contributed by atoms with Gasteiger partial charge in [0.25, 0.3) is 0 Å². The molecule has 0 bridgehead atoms. The van der Waals surface area contributed by atoms with Crippen LogP contribution in [0.15, 0.2) is 0 Å². The molecule has 1 rings (SSSR count). The fourth-order valence-corrected chi connectivity index (χ4v) is 3.13. The highest BCUT2D eigenvalue weighted by Gasteiger charge is 2.28. The maximum atomic E-state index is 13.0. The van der Waals surface area contributed by atoms with Gasteiger partial charge in [0.05, 0.1) is 13.2 Å². The normalized spacial score (nSPS) is 11.0. The summed E-state index contributed by atoms with van der Waals surface area (Å²) in [4.78, 5) is 39.3. The first-order valence-corrected chi connectivity index (χ1v) is 9.42. The monoisotopic (exact) mass is 379 g/mol. The molecule has 2 amide bonds. The Morgan fingerprint density at radius 1 is 1.15 bits per heavy atom. The summed E-state index contributed by atoms with van der Waals surface area (Å²) >= 11 is 0. The molecule has 0 aromatic carbocycles. The Kier molecular flexibility index (Phi) is 8.06. The molecule has 0 aliphatic rings. The molecule has 0 saturated heterocycles. The highest BCUT2D eigenvalue weighted by Crippen LogP contribution is 2.23.